The lowest BCUT2D eigenvalue weighted by Gasteiger charge is -2.29. The second kappa shape index (κ2) is 5.83. The van der Waals surface area contributed by atoms with Crippen LogP contribution in [0.1, 0.15) is 25.7 Å². The maximum absolute atomic E-state index is 4.77. The normalized spacial score (nSPS) is 25.9. The van der Waals surface area contributed by atoms with Gasteiger partial charge in [0, 0.05) is 29.0 Å². The molecule has 1 aromatic carbocycles. The standard InChI is InChI=1S/C19H20N4S/c1-2-4-17-12(3-1)9-18(24-17)16-7-8-20-19(23-16)22-15-10-13-5-6-14(11-15)21-13/h1-4,7-9,13-15,21H,5-6,10-11H2,(H,20,22,23). The van der Waals surface area contributed by atoms with Crippen molar-refractivity contribution in [2.45, 2.75) is 43.8 Å². The van der Waals surface area contributed by atoms with Crippen molar-refractivity contribution in [2.24, 2.45) is 0 Å². The maximum atomic E-state index is 4.77. The van der Waals surface area contributed by atoms with E-state index in [1.54, 1.807) is 11.3 Å². The van der Waals surface area contributed by atoms with Crippen molar-refractivity contribution in [3.63, 3.8) is 0 Å². The van der Waals surface area contributed by atoms with E-state index in [2.05, 4.69) is 45.9 Å². The van der Waals surface area contributed by atoms with Crippen molar-refractivity contribution in [3.8, 4) is 10.6 Å². The van der Waals surface area contributed by atoms with Gasteiger partial charge in [0.25, 0.3) is 0 Å². The molecule has 0 spiro atoms. The maximum Gasteiger partial charge on any atom is 0.223 e. The summed E-state index contributed by atoms with van der Waals surface area (Å²) in [6, 6.07) is 14.5. The summed E-state index contributed by atoms with van der Waals surface area (Å²) in [4.78, 5) is 10.4. The van der Waals surface area contributed by atoms with Crippen molar-refractivity contribution in [1.29, 1.82) is 0 Å². The number of rotatable bonds is 3. The largest absolute Gasteiger partial charge is 0.351 e. The molecular weight excluding hydrogens is 316 g/mol. The van der Waals surface area contributed by atoms with Gasteiger partial charge in [-0.3, -0.25) is 0 Å². The van der Waals surface area contributed by atoms with Gasteiger partial charge in [0.05, 0.1) is 10.6 Å². The fraction of sp³-hybridized carbons (Fsp3) is 0.368. The van der Waals surface area contributed by atoms with Crippen molar-refractivity contribution in [3.05, 3.63) is 42.6 Å². The number of piperidine rings is 1. The van der Waals surface area contributed by atoms with Gasteiger partial charge >= 0.3 is 0 Å². The summed E-state index contributed by atoms with van der Waals surface area (Å²) in [7, 11) is 0. The van der Waals surface area contributed by atoms with Gasteiger partial charge < -0.3 is 10.6 Å². The quantitative estimate of drug-likeness (QED) is 0.757. The molecule has 2 bridgehead atoms. The Morgan fingerprint density at radius 2 is 1.92 bits per heavy atom. The van der Waals surface area contributed by atoms with Crippen LogP contribution in [0, 0.1) is 0 Å². The van der Waals surface area contributed by atoms with Crippen LogP contribution < -0.4 is 10.6 Å². The molecule has 4 heterocycles. The fourth-order valence-electron chi connectivity index (χ4n) is 4.03. The number of aromatic nitrogens is 2. The smallest absolute Gasteiger partial charge is 0.223 e. The van der Waals surface area contributed by atoms with Gasteiger partial charge in [0.1, 0.15) is 0 Å². The zero-order chi connectivity index (χ0) is 15.9. The van der Waals surface area contributed by atoms with Gasteiger partial charge in [-0.15, -0.1) is 11.3 Å². The summed E-state index contributed by atoms with van der Waals surface area (Å²) in [6.07, 6.45) is 6.84. The molecule has 2 fully saturated rings. The summed E-state index contributed by atoms with van der Waals surface area (Å²) < 4.78 is 1.30. The molecule has 4 nitrogen and oxygen atoms in total. The van der Waals surface area contributed by atoms with Crippen LogP contribution in [-0.2, 0) is 0 Å². The third-order valence-corrected chi connectivity index (χ3v) is 6.28. The molecule has 3 aromatic rings. The van der Waals surface area contributed by atoms with Gasteiger partial charge in [-0.1, -0.05) is 18.2 Å². The van der Waals surface area contributed by atoms with E-state index in [4.69, 9.17) is 4.98 Å². The first kappa shape index (κ1) is 14.4. The summed E-state index contributed by atoms with van der Waals surface area (Å²) >= 11 is 1.79. The summed E-state index contributed by atoms with van der Waals surface area (Å²) in [5, 5.41) is 8.53. The van der Waals surface area contributed by atoms with Gasteiger partial charge in [0.2, 0.25) is 5.95 Å². The zero-order valence-electron chi connectivity index (χ0n) is 13.4. The van der Waals surface area contributed by atoms with E-state index in [1.165, 1.54) is 40.6 Å². The Balaban J connectivity index is 1.39. The molecule has 2 aromatic heterocycles. The highest BCUT2D eigenvalue weighted by molar-refractivity contribution is 7.22. The topological polar surface area (TPSA) is 49.8 Å². The highest BCUT2D eigenvalue weighted by Gasteiger charge is 2.33. The molecule has 0 aliphatic carbocycles. The second-order valence-corrected chi connectivity index (χ2v) is 7.95. The van der Waals surface area contributed by atoms with Crippen molar-refractivity contribution in [1.82, 2.24) is 15.3 Å². The van der Waals surface area contributed by atoms with Gasteiger partial charge in [-0.05, 0) is 49.3 Å². The van der Waals surface area contributed by atoms with E-state index in [-0.39, 0.29) is 0 Å². The number of thiophene rings is 1. The first-order valence-electron chi connectivity index (χ1n) is 8.68. The molecule has 2 aliphatic rings. The molecule has 2 aliphatic heterocycles. The van der Waals surface area contributed by atoms with Crippen LogP contribution in [0.3, 0.4) is 0 Å². The third kappa shape index (κ3) is 2.68. The van der Waals surface area contributed by atoms with E-state index >= 15 is 0 Å². The number of hydrogen-bond donors (Lipinski definition) is 2. The number of anilines is 1. The molecule has 24 heavy (non-hydrogen) atoms. The highest BCUT2D eigenvalue weighted by Crippen LogP contribution is 2.33. The summed E-state index contributed by atoms with van der Waals surface area (Å²) in [6.45, 7) is 0. The Labute approximate surface area is 145 Å². The first-order chi connectivity index (χ1) is 11.8. The van der Waals surface area contributed by atoms with E-state index in [9.17, 15) is 0 Å². The Bertz CT molecular complexity index is 829. The average molecular weight is 336 g/mol. The molecular formula is C19H20N4S. The summed E-state index contributed by atoms with van der Waals surface area (Å²) in [5.41, 5.74) is 1.01. The van der Waals surface area contributed by atoms with Crippen LogP contribution in [0.5, 0.6) is 0 Å². The number of hydrogen-bond acceptors (Lipinski definition) is 5. The van der Waals surface area contributed by atoms with Crippen LogP contribution in [0.25, 0.3) is 20.7 Å². The minimum atomic E-state index is 0.487. The average Bonchev–Trinajstić information content (AvgIpc) is 3.18. The molecule has 122 valence electrons. The monoisotopic (exact) mass is 336 g/mol. The van der Waals surface area contributed by atoms with E-state index in [0.29, 0.717) is 18.1 Å². The molecule has 5 heteroatoms. The number of nitrogens with zero attached hydrogens (tertiary/aromatic N) is 2. The predicted octanol–water partition coefficient (Wildman–Crippen LogP) is 4.05. The van der Waals surface area contributed by atoms with E-state index in [0.717, 1.165) is 11.6 Å². The van der Waals surface area contributed by atoms with Crippen LogP contribution in [0.4, 0.5) is 5.95 Å². The van der Waals surface area contributed by atoms with E-state index in [1.807, 2.05) is 12.3 Å². The van der Waals surface area contributed by atoms with Crippen LogP contribution >= 0.6 is 11.3 Å². The zero-order valence-corrected chi connectivity index (χ0v) is 14.2. The van der Waals surface area contributed by atoms with E-state index < -0.39 is 0 Å². The Morgan fingerprint density at radius 3 is 2.75 bits per heavy atom. The Morgan fingerprint density at radius 1 is 1.08 bits per heavy atom. The molecule has 0 amide bonds. The van der Waals surface area contributed by atoms with Gasteiger partial charge in [0.15, 0.2) is 0 Å². The lowest BCUT2D eigenvalue weighted by molar-refractivity contribution is 0.377. The highest BCUT2D eigenvalue weighted by atomic mass is 32.1. The molecule has 2 atom stereocenters. The van der Waals surface area contributed by atoms with Gasteiger partial charge in [-0.2, -0.15) is 0 Å². The molecule has 5 rings (SSSR count). The Kier molecular flexibility index (Phi) is 3.49. The number of fused-ring (bicyclic) bond motifs is 3. The minimum Gasteiger partial charge on any atom is -0.351 e. The molecule has 0 saturated carbocycles. The van der Waals surface area contributed by atoms with Crippen LogP contribution in [0.2, 0.25) is 0 Å². The lowest BCUT2D eigenvalue weighted by atomic mass is 10.0. The number of nitrogens with one attached hydrogen (secondary N) is 2. The lowest BCUT2D eigenvalue weighted by Crippen LogP contribution is -2.43. The first-order valence-corrected chi connectivity index (χ1v) is 9.50. The van der Waals surface area contributed by atoms with Crippen molar-refractivity contribution in [2.75, 3.05) is 5.32 Å². The molecule has 2 N–H and O–H groups in total. The van der Waals surface area contributed by atoms with Gasteiger partial charge in [-0.25, -0.2) is 9.97 Å². The molecule has 2 saturated heterocycles. The minimum absolute atomic E-state index is 0.487. The molecule has 2 unspecified atom stereocenters. The SMILES string of the molecule is c1ccc2sc(-c3ccnc(NC4CC5CCC(C4)N5)n3)cc2c1. The van der Waals surface area contributed by atoms with Crippen molar-refractivity contribution < 1.29 is 0 Å². The molecule has 0 radical (unpaired) electrons. The Hall–Kier alpha value is -1.98. The van der Waals surface area contributed by atoms with Crippen LogP contribution in [0.15, 0.2) is 42.6 Å². The second-order valence-electron chi connectivity index (χ2n) is 6.86. The van der Waals surface area contributed by atoms with Crippen molar-refractivity contribution >= 4 is 27.4 Å². The number of benzene rings is 1. The summed E-state index contributed by atoms with van der Waals surface area (Å²) in [5.74, 6) is 0.760. The predicted molar refractivity (Wildman–Crippen MR) is 99.4 cm³/mol. The van der Waals surface area contributed by atoms with Crippen LogP contribution in [-0.4, -0.2) is 28.1 Å². The fourth-order valence-corrected chi connectivity index (χ4v) is 5.06. The third-order valence-electron chi connectivity index (χ3n) is 5.14.